The van der Waals surface area contributed by atoms with Crippen LogP contribution in [0.5, 0.6) is 0 Å². The zero-order valence-electron chi connectivity index (χ0n) is 10.2. The number of urea groups is 1. The molecular formula is C13H16N2O3. The van der Waals surface area contributed by atoms with Crippen molar-refractivity contribution in [2.45, 2.75) is 25.9 Å². The summed E-state index contributed by atoms with van der Waals surface area (Å²) >= 11 is 0. The van der Waals surface area contributed by atoms with Crippen LogP contribution in [0.2, 0.25) is 0 Å². The van der Waals surface area contributed by atoms with Crippen molar-refractivity contribution in [1.29, 1.82) is 0 Å². The van der Waals surface area contributed by atoms with Gasteiger partial charge in [0.05, 0.1) is 6.54 Å². The summed E-state index contributed by atoms with van der Waals surface area (Å²) in [6.45, 7) is 2.14. The molecule has 5 nitrogen and oxygen atoms in total. The number of carbonyl (C=O) groups is 2. The summed E-state index contributed by atoms with van der Waals surface area (Å²) < 4.78 is 0. The Balaban J connectivity index is 2.07. The molecular weight excluding hydrogens is 232 g/mol. The molecule has 1 aliphatic heterocycles. The van der Waals surface area contributed by atoms with E-state index in [4.69, 9.17) is 5.11 Å². The number of carbonyl (C=O) groups excluding carboxylic acids is 2. The van der Waals surface area contributed by atoms with E-state index >= 15 is 0 Å². The van der Waals surface area contributed by atoms with Crippen LogP contribution in [0.1, 0.15) is 17.5 Å². The molecule has 1 atom stereocenters. The van der Waals surface area contributed by atoms with Crippen molar-refractivity contribution in [3.8, 4) is 0 Å². The average Bonchev–Trinajstić information content (AvgIpc) is 2.60. The number of aryl methyl sites for hydroxylation is 1. The summed E-state index contributed by atoms with van der Waals surface area (Å²) in [6, 6.07) is 6.70. The normalized spacial score (nSPS) is 19.2. The molecule has 0 radical (unpaired) electrons. The Morgan fingerprint density at radius 2 is 1.94 bits per heavy atom. The number of imide groups is 1. The molecule has 0 aliphatic carbocycles. The lowest BCUT2D eigenvalue weighted by atomic mass is 10.1. The molecule has 1 unspecified atom stereocenters. The highest BCUT2D eigenvalue weighted by molar-refractivity contribution is 6.04. The summed E-state index contributed by atoms with van der Waals surface area (Å²) in [5, 5.41) is 11.4. The minimum absolute atomic E-state index is 0.116. The fraction of sp³-hybridized carbons (Fsp3) is 0.385. The van der Waals surface area contributed by atoms with Crippen molar-refractivity contribution in [3.63, 3.8) is 0 Å². The van der Waals surface area contributed by atoms with Gasteiger partial charge in [-0.1, -0.05) is 29.8 Å². The first-order valence-electron chi connectivity index (χ1n) is 5.90. The number of hydrogen-bond donors (Lipinski definition) is 2. The number of rotatable bonds is 4. The van der Waals surface area contributed by atoms with Gasteiger partial charge in [-0.3, -0.25) is 9.69 Å². The van der Waals surface area contributed by atoms with E-state index in [-0.39, 0.29) is 31.5 Å². The third-order valence-electron chi connectivity index (χ3n) is 2.99. The molecule has 0 saturated carbocycles. The Labute approximate surface area is 105 Å². The van der Waals surface area contributed by atoms with Gasteiger partial charge in [0.2, 0.25) is 0 Å². The maximum Gasteiger partial charge on any atom is 0.325 e. The van der Waals surface area contributed by atoms with Gasteiger partial charge in [0, 0.05) is 6.61 Å². The van der Waals surface area contributed by atoms with Gasteiger partial charge in [0.15, 0.2) is 0 Å². The van der Waals surface area contributed by atoms with E-state index in [1.165, 1.54) is 4.90 Å². The second kappa shape index (κ2) is 5.18. The molecule has 1 saturated heterocycles. The maximum atomic E-state index is 11.9. The highest BCUT2D eigenvalue weighted by Gasteiger charge is 2.37. The third kappa shape index (κ3) is 2.51. The van der Waals surface area contributed by atoms with E-state index in [1.54, 1.807) is 0 Å². The zero-order valence-corrected chi connectivity index (χ0v) is 10.2. The fourth-order valence-corrected chi connectivity index (χ4v) is 1.93. The molecule has 5 heteroatoms. The van der Waals surface area contributed by atoms with Gasteiger partial charge in [-0.25, -0.2) is 4.79 Å². The maximum absolute atomic E-state index is 11.9. The van der Waals surface area contributed by atoms with Crippen LogP contribution in [0, 0.1) is 6.92 Å². The smallest absolute Gasteiger partial charge is 0.325 e. The van der Waals surface area contributed by atoms with Gasteiger partial charge in [-0.15, -0.1) is 0 Å². The summed E-state index contributed by atoms with van der Waals surface area (Å²) in [6.07, 6.45) is 0.259. The zero-order chi connectivity index (χ0) is 13.1. The van der Waals surface area contributed by atoms with Crippen molar-refractivity contribution in [2.75, 3.05) is 6.61 Å². The first-order chi connectivity index (χ1) is 8.61. The van der Waals surface area contributed by atoms with Gasteiger partial charge >= 0.3 is 6.03 Å². The molecule has 1 aromatic carbocycles. The van der Waals surface area contributed by atoms with Crippen molar-refractivity contribution in [3.05, 3.63) is 35.4 Å². The van der Waals surface area contributed by atoms with Gasteiger partial charge < -0.3 is 10.4 Å². The number of amides is 3. The van der Waals surface area contributed by atoms with E-state index in [1.807, 2.05) is 31.2 Å². The molecule has 0 bridgehead atoms. The van der Waals surface area contributed by atoms with Crippen LogP contribution in [0.25, 0.3) is 0 Å². The van der Waals surface area contributed by atoms with E-state index in [2.05, 4.69) is 5.32 Å². The van der Waals surface area contributed by atoms with E-state index in [0.717, 1.165) is 11.1 Å². The standard InChI is InChI=1S/C13H16N2O3/c1-9-2-4-10(5-3-9)8-15-12(17)11(6-7-16)14-13(15)18/h2-5,11,16H,6-8H2,1H3,(H,14,18). The molecule has 18 heavy (non-hydrogen) atoms. The first kappa shape index (κ1) is 12.6. The monoisotopic (exact) mass is 248 g/mol. The third-order valence-corrected chi connectivity index (χ3v) is 2.99. The van der Waals surface area contributed by atoms with Gasteiger partial charge in [0.25, 0.3) is 5.91 Å². The number of nitrogens with one attached hydrogen (secondary N) is 1. The Morgan fingerprint density at radius 1 is 1.28 bits per heavy atom. The first-order valence-corrected chi connectivity index (χ1v) is 5.90. The van der Waals surface area contributed by atoms with Crippen LogP contribution in [0.3, 0.4) is 0 Å². The van der Waals surface area contributed by atoms with Crippen molar-refractivity contribution in [1.82, 2.24) is 10.2 Å². The Hall–Kier alpha value is -1.88. The van der Waals surface area contributed by atoms with Crippen molar-refractivity contribution >= 4 is 11.9 Å². The Morgan fingerprint density at radius 3 is 2.56 bits per heavy atom. The molecule has 2 rings (SSSR count). The average molecular weight is 248 g/mol. The van der Waals surface area contributed by atoms with Crippen molar-refractivity contribution < 1.29 is 14.7 Å². The molecule has 1 aliphatic rings. The number of benzene rings is 1. The molecule has 1 heterocycles. The molecule has 0 spiro atoms. The predicted molar refractivity (Wildman–Crippen MR) is 65.8 cm³/mol. The second-order valence-corrected chi connectivity index (χ2v) is 4.42. The minimum atomic E-state index is -0.590. The second-order valence-electron chi connectivity index (χ2n) is 4.42. The number of nitrogens with zero attached hydrogens (tertiary/aromatic N) is 1. The summed E-state index contributed by atoms with van der Waals surface area (Å²) in [5.41, 5.74) is 2.04. The summed E-state index contributed by atoms with van der Waals surface area (Å²) in [7, 11) is 0. The Bertz CT molecular complexity index is 456. The topological polar surface area (TPSA) is 69.6 Å². The van der Waals surface area contributed by atoms with Crippen molar-refractivity contribution in [2.24, 2.45) is 0 Å². The lowest BCUT2D eigenvalue weighted by Crippen LogP contribution is -2.31. The number of hydrogen-bond acceptors (Lipinski definition) is 3. The molecule has 1 aromatic rings. The number of aliphatic hydroxyl groups excluding tert-OH is 1. The Kier molecular flexibility index (Phi) is 3.62. The lowest BCUT2D eigenvalue weighted by Gasteiger charge is -2.13. The van der Waals surface area contributed by atoms with Gasteiger partial charge in [-0.05, 0) is 18.9 Å². The quantitative estimate of drug-likeness (QED) is 0.774. The van der Waals surface area contributed by atoms with Crippen LogP contribution >= 0.6 is 0 Å². The molecule has 1 fully saturated rings. The van der Waals surface area contributed by atoms with Crippen LogP contribution in [0.4, 0.5) is 4.79 Å². The molecule has 3 amide bonds. The number of aliphatic hydroxyl groups is 1. The minimum Gasteiger partial charge on any atom is -0.396 e. The van der Waals surface area contributed by atoms with E-state index < -0.39 is 6.04 Å². The van der Waals surface area contributed by atoms with Crippen LogP contribution in [-0.2, 0) is 11.3 Å². The van der Waals surface area contributed by atoms with Crippen LogP contribution in [-0.4, -0.2) is 34.6 Å². The highest BCUT2D eigenvalue weighted by atomic mass is 16.3. The summed E-state index contributed by atoms with van der Waals surface area (Å²) in [4.78, 5) is 24.7. The summed E-state index contributed by atoms with van der Waals surface area (Å²) in [5.74, 6) is -0.269. The predicted octanol–water partition coefficient (Wildman–Crippen LogP) is 0.798. The van der Waals surface area contributed by atoms with Gasteiger partial charge in [0.1, 0.15) is 6.04 Å². The molecule has 0 aromatic heterocycles. The lowest BCUT2D eigenvalue weighted by molar-refractivity contribution is -0.128. The SMILES string of the molecule is Cc1ccc(CN2C(=O)NC(CCO)C2=O)cc1. The highest BCUT2D eigenvalue weighted by Crippen LogP contribution is 2.14. The van der Waals surface area contributed by atoms with E-state index in [0.29, 0.717) is 0 Å². The molecule has 2 N–H and O–H groups in total. The fourth-order valence-electron chi connectivity index (χ4n) is 1.93. The van der Waals surface area contributed by atoms with E-state index in [9.17, 15) is 9.59 Å². The van der Waals surface area contributed by atoms with Crippen LogP contribution in [0.15, 0.2) is 24.3 Å². The largest absolute Gasteiger partial charge is 0.396 e. The van der Waals surface area contributed by atoms with Crippen LogP contribution < -0.4 is 5.32 Å². The molecule has 96 valence electrons. The van der Waals surface area contributed by atoms with Gasteiger partial charge in [-0.2, -0.15) is 0 Å².